The van der Waals surface area contributed by atoms with Crippen molar-refractivity contribution in [2.75, 3.05) is 19.7 Å². The highest BCUT2D eigenvalue weighted by Crippen LogP contribution is 2.26. The molecular formula is C33H46N2O2. The van der Waals surface area contributed by atoms with Crippen LogP contribution < -0.4 is 0 Å². The van der Waals surface area contributed by atoms with Crippen LogP contribution in [0.2, 0.25) is 0 Å². The molecule has 1 saturated carbocycles. The summed E-state index contributed by atoms with van der Waals surface area (Å²) in [4.78, 5) is 2.46. The van der Waals surface area contributed by atoms with Crippen molar-refractivity contribution in [2.45, 2.75) is 84.1 Å². The molecule has 1 heterocycles. The summed E-state index contributed by atoms with van der Waals surface area (Å²) < 4.78 is 8.22. The molecule has 200 valence electrons. The van der Waals surface area contributed by atoms with E-state index in [0.717, 1.165) is 31.1 Å². The van der Waals surface area contributed by atoms with E-state index in [1.807, 2.05) is 18.2 Å². The van der Waals surface area contributed by atoms with Crippen LogP contribution in [0.4, 0.5) is 0 Å². The molecule has 0 unspecified atom stereocenters. The van der Waals surface area contributed by atoms with Crippen molar-refractivity contribution < 1.29 is 9.84 Å². The molecule has 2 aromatic carbocycles. The Balaban J connectivity index is 1.37. The first-order valence-corrected chi connectivity index (χ1v) is 14.1. The van der Waals surface area contributed by atoms with Crippen molar-refractivity contribution in [1.82, 2.24) is 9.47 Å². The molecule has 0 spiro atoms. The third-order valence-corrected chi connectivity index (χ3v) is 7.61. The zero-order chi connectivity index (χ0) is 26.1. The number of aromatic nitrogens is 1. The molecule has 0 bridgehead atoms. The Bertz CT molecular complexity index is 1050. The fourth-order valence-electron chi connectivity index (χ4n) is 5.46. The molecule has 1 N–H and O–H groups in total. The van der Waals surface area contributed by atoms with Gasteiger partial charge in [0.1, 0.15) is 0 Å². The molecule has 4 heteroatoms. The van der Waals surface area contributed by atoms with Gasteiger partial charge in [0.2, 0.25) is 0 Å². The molecule has 1 aliphatic carbocycles. The van der Waals surface area contributed by atoms with Crippen LogP contribution in [-0.2, 0) is 29.8 Å². The van der Waals surface area contributed by atoms with Gasteiger partial charge in [-0.1, -0.05) is 94.6 Å². The SMILES string of the molecule is CC(C)(C)c1ccc(Cn2cccc2CN(CC2CCCCC2)C[C@H](O)COCc2ccccc2)cc1. The van der Waals surface area contributed by atoms with Gasteiger partial charge < -0.3 is 14.4 Å². The lowest BCUT2D eigenvalue weighted by atomic mass is 9.87. The lowest BCUT2D eigenvalue weighted by molar-refractivity contribution is 0.00469. The van der Waals surface area contributed by atoms with Gasteiger partial charge in [0, 0.05) is 38.1 Å². The standard InChI is InChI=1S/C33H46N2O2/c1-33(2,3)30-18-16-28(17-19-30)22-35-20-10-15-31(35)23-34(21-27-11-6-4-7-12-27)24-32(36)26-37-25-29-13-8-5-9-14-29/h5,8-10,13-20,27,32,36H,4,6-7,11-12,21-26H2,1-3H3/t32-/m0/s1. The second-order valence-corrected chi connectivity index (χ2v) is 11.9. The van der Waals surface area contributed by atoms with E-state index in [-0.39, 0.29) is 5.41 Å². The molecule has 4 nitrogen and oxygen atoms in total. The van der Waals surface area contributed by atoms with Gasteiger partial charge in [0.05, 0.1) is 19.3 Å². The van der Waals surface area contributed by atoms with Crippen LogP contribution in [0.25, 0.3) is 0 Å². The van der Waals surface area contributed by atoms with E-state index < -0.39 is 6.10 Å². The summed E-state index contributed by atoms with van der Waals surface area (Å²) in [6, 6.07) is 23.6. The number of hydrogen-bond donors (Lipinski definition) is 1. The van der Waals surface area contributed by atoms with Gasteiger partial charge in [0.15, 0.2) is 0 Å². The Morgan fingerprint density at radius 2 is 1.65 bits per heavy atom. The smallest absolute Gasteiger partial charge is 0.0900 e. The van der Waals surface area contributed by atoms with Gasteiger partial charge in [-0.2, -0.15) is 0 Å². The van der Waals surface area contributed by atoms with Crippen LogP contribution in [0.3, 0.4) is 0 Å². The highest BCUT2D eigenvalue weighted by molar-refractivity contribution is 5.28. The zero-order valence-electron chi connectivity index (χ0n) is 23.1. The predicted octanol–water partition coefficient (Wildman–Crippen LogP) is 6.79. The Labute approximate surface area is 224 Å². The summed E-state index contributed by atoms with van der Waals surface area (Å²) in [6.07, 6.45) is 8.33. The largest absolute Gasteiger partial charge is 0.389 e. The average Bonchev–Trinajstić information content (AvgIpc) is 3.31. The summed E-state index contributed by atoms with van der Waals surface area (Å²) >= 11 is 0. The van der Waals surface area contributed by atoms with Crippen molar-refractivity contribution >= 4 is 0 Å². The predicted molar refractivity (Wildman–Crippen MR) is 153 cm³/mol. The van der Waals surface area contributed by atoms with Gasteiger partial charge >= 0.3 is 0 Å². The van der Waals surface area contributed by atoms with Crippen molar-refractivity contribution in [3.8, 4) is 0 Å². The highest BCUT2D eigenvalue weighted by Gasteiger charge is 2.21. The van der Waals surface area contributed by atoms with Crippen LogP contribution >= 0.6 is 0 Å². The minimum absolute atomic E-state index is 0.169. The molecule has 37 heavy (non-hydrogen) atoms. The van der Waals surface area contributed by atoms with Gasteiger partial charge in [-0.05, 0) is 53.0 Å². The molecule has 1 atom stereocenters. The van der Waals surface area contributed by atoms with Gasteiger partial charge in [-0.3, -0.25) is 4.90 Å². The van der Waals surface area contributed by atoms with E-state index in [4.69, 9.17) is 4.74 Å². The molecule has 0 aliphatic heterocycles. The van der Waals surface area contributed by atoms with Crippen LogP contribution in [0, 0.1) is 5.92 Å². The van der Waals surface area contributed by atoms with Crippen molar-refractivity contribution in [2.24, 2.45) is 5.92 Å². The van der Waals surface area contributed by atoms with Crippen LogP contribution in [0.5, 0.6) is 0 Å². The molecule has 3 aromatic rings. The monoisotopic (exact) mass is 502 g/mol. The number of benzene rings is 2. The van der Waals surface area contributed by atoms with E-state index in [2.05, 4.69) is 85.0 Å². The van der Waals surface area contributed by atoms with Crippen LogP contribution in [0.15, 0.2) is 72.9 Å². The average molecular weight is 503 g/mol. The number of hydrogen-bond acceptors (Lipinski definition) is 3. The van der Waals surface area contributed by atoms with E-state index in [1.54, 1.807) is 0 Å². The lowest BCUT2D eigenvalue weighted by Gasteiger charge is -2.31. The van der Waals surface area contributed by atoms with Crippen LogP contribution in [-0.4, -0.2) is 40.4 Å². The third kappa shape index (κ3) is 8.84. The Hall–Kier alpha value is -2.40. The normalized spacial score (nSPS) is 15.8. The van der Waals surface area contributed by atoms with Crippen molar-refractivity contribution in [3.05, 3.63) is 95.3 Å². The summed E-state index contributed by atoms with van der Waals surface area (Å²) in [5, 5.41) is 10.9. The molecule has 4 rings (SSSR count). The number of aliphatic hydroxyl groups is 1. The van der Waals surface area contributed by atoms with E-state index in [0.29, 0.717) is 19.8 Å². The minimum Gasteiger partial charge on any atom is -0.389 e. The quantitative estimate of drug-likeness (QED) is 0.296. The van der Waals surface area contributed by atoms with E-state index in [1.165, 1.54) is 48.9 Å². The lowest BCUT2D eigenvalue weighted by Crippen LogP contribution is -2.38. The number of aliphatic hydroxyl groups excluding tert-OH is 1. The number of rotatable bonds is 12. The maximum atomic E-state index is 10.9. The topological polar surface area (TPSA) is 37.6 Å². The van der Waals surface area contributed by atoms with Gasteiger partial charge in [-0.15, -0.1) is 0 Å². The molecule has 1 aromatic heterocycles. The molecular weight excluding hydrogens is 456 g/mol. The fraction of sp³-hybridized carbons (Fsp3) is 0.515. The van der Waals surface area contributed by atoms with Crippen molar-refractivity contribution in [1.29, 1.82) is 0 Å². The Morgan fingerprint density at radius 3 is 2.35 bits per heavy atom. The first-order valence-electron chi connectivity index (χ1n) is 14.1. The third-order valence-electron chi connectivity index (χ3n) is 7.61. The summed E-state index contributed by atoms with van der Waals surface area (Å²) in [5.41, 5.74) is 5.29. The summed E-state index contributed by atoms with van der Waals surface area (Å²) in [6.45, 7) is 11.1. The molecule has 0 saturated heterocycles. The van der Waals surface area contributed by atoms with E-state index >= 15 is 0 Å². The van der Waals surface area contributed by atoms with Gasteiger partial charge in [0.25, 0.3) is 0 Å². The molecule has 0 radical (unpaired) electrons. The Kier molecular flexibility index (Phi) is 10.0. The van der Waals surface area contributed by atoms with E-state index in [9.17, 15) is 5.11 Å². The molecule has 1 fully saturated rings. The first-order chi connectivity index (χ1) is 17.9. The summed E-state index contributed by atoms with van der Waals surface area (Å²) in [7, 11) is 0. The maximum Gasteiger partial charge on any atom is 0.0900 e. The highest BCUT2D eigenvalue weighted by atomic mass is 16.5. The zero-order valence-corrected chi connectivity index (χ0v) is 23.1. The van der Waals surface area contributed by atoms with Crippen LogP contribution in [0.1, 0.15) is 75.3 Å². The summed E-state index contributed by atoms with van der Waals surface area (Å²) in [5.74, 6) is 0.722. The Morgan fingerprint density at radius 1 is 0.919 bits per heavy atom. The minimum atomic E-state index is -0.499. The van der Waals surface area contributed by atoms with Crippen molar-refractivity contribution in [3.63, 3.8) is 0 Å². The number of ether oxygens (including phenoxy) is 1. The van der Waals surface area contributed by atoms with Gasteiger partial charge in [-0.25, -0.2) is 0 Å². The molecule has 0 amide bonds. The second-order valence-electron chi connectivity index (χ2n) is 11.9. The fourth-order valence-corrected chi connectivity index (χ4v) is 5.46. The number of nitrogens with zero attached hydrogens (tertiary/aromatic N) is 2. The molecule has 1 aliphatic rings. The second kappa shape index (κ2) is 13.4. The first kappa shape index (κ1) is 27.6. The maximum absolute atomic E-state index is 10.9.